The summed E-state index contributed by atoms with van der Waals surface area (Å²) in [6.07, 6.45) is 0. The normalized spacial score (nSPS) is 12.1. The highest BCUT2D eigenvalue weighted by Crippen LogP contribution is 2.15. The standard InChI is InChI=1S/C14H15ClN2O3S/c1-9-13(10(2)20-17-9)7-21(19)8-14(18)16-12-5-3-11(15)4-6-12/h3-6H,7-8H2,1-2H3,(H,16,18)/t21-/m0/s1. The zero-order valence-electron chi connectivity index (χ0n) is 11.7. The number of rotatable bonds is 5. The number of amides is 1. The summed E-state index contributed by atoms with van der Waals surface area (Å²) in [6, 6.07) is 6.74. The fourth-order valence-corrected chi connectivity index (χ4v) is 3.12. The van der Waals surface area contributed by atoms with Crippen LogP contribution >= 0.6 is 11.6 Å². The third-order valence-corrected chi connectivity index (χ3v) is 4.35. The summed E-state index contributed by atoms with van der Waals surface area (Å²) < 4.78 is 17.0. The molecule has 0 unspecified atom stereocenters. The first kappa shape index (κ1) is 15.7. The fourth-order valence-electron chi connectivity index (χ4n) is 1.80. The van der Waals surface area contributed by atoms with Gasteiger partial charge in [-0.2, -0.15) is 0 Å². The number of aromatic nitrogens is 1. The summed E-state index contributed by atoms with van der Waals surface area (Å²) in [6.45, 7) is 3.55. The van der Waals surface area contributed by atoms with Crippen molar-refractivity contribution in [2.24, 2.45) is 0 Å². The van der Waals surface area contributed by atoms with Crippen LogP contribution in [0.1, 0.15) is 17.0 Å². The van der Waals surface area contributed by atoms with Gasteiger partial charge in [0.05, 0.1) is 11.4 Å². The van der Waals surface area contributed by atoms with Crippen LogP contribution in [0.5, 0.6) is 0 Å². The van der Waals surface area contributed by atoms with E-state index in [2.05, 4.69) is 10.5 Å². The van der Waals surface area contributed by atoms with E-state index in [9.17, 15) is 9.00 Å². The second-order valence-corrected chi connectivity index (χ2v) is 6.48. The molecule has 5 nitrogen and oxygen atoms in total. The Morgan fingerprint density at radius 3 is 2.57 bits per heavy atom. The Labute approximate surface area is 130 Å². The average molecular weight is 327 g/mol. The van der Waals surface area contributed by atoms with Gasteiger partial charge in [-0.1, -0.05) is 16.8 Å². The van der Waals surface area contributed by atoms with Crippen molar-refractivity contribution < 1.29 is 13.5 Å². The molecule has 21 heavy (non-hydrogen) atoms. The number of benzene rings is 1. The lowest BCUT2D eigenvalue weighted by Gasteiger charge is -2.05. The molecule has 1 amide bonds. The van der Waals surface area contributed by atoms with Gasteiger partial charge in [-0.3, -0.25) is 9.00 Å². The second-order valence-electron chi connectivity index (χ2n) is 4.59. The minimum absolute atomic E-state index is 0.0767. The Morgan fingerprint density at radius 2 is 2.00 bits per heavy atom. The minimum atomic E-state index is -1.32. The van der Waals surface area contributed by atoms with Gasteiger partial charge < -0.3 is 9.84 Å². The van der Waals surface area contributed by atoms with Gasteiger partial charge in [0.25, 0.3) is 0 Å². The van der Waals surface area contributed by atoms with Gasteiger partial charge in [0.15, 0.2) is 0 Å². The first-order chi connectivity index (χ1) is 9.95. The highest BCUT2D eigenvalue weighted by atomic mass is 35.5. The summed E-state index contributed by atoms with van der Waals surface area (Å²) >= 11 is 5.77. The van der Waals surface area contributed by atoms with E-state index < -0.39 is 10.8 Å². The Bertz CT molecular complexity index is 648. The molecule has 1 aromatic carbocycles. The van der Waals surface area contributed by atoms with Gasteiger partial charge in [0.2, 0.25) is 5.91 Å². The van der Waals surface area contributed by atoms with Crippen molar-refractivity contribution in [1.82, 2.24) is 5.16 Å². The highest BCUT2D eigenvalue weighted by Gasteiger charge is 2.15. The molecule has 2 rings (SSSR count). The van der Waals surface area contributed by atoms with Crippen molar-refractivity contribution in [1.29, 1.82) is 0 Å². The highest BCUT2D eigenvalue weighted by molar-refractivity contribution is 7.85. The van der Waals surface area contributed by atoms with Crippen LogP contribution in [0.25, 0.3) is 0 Å². The smallest absolute Gasteiger partial charge is 0.237 e. The van der Waals surface area contributed by atoms with E-state index in [-0.39, 0.29) is 17.4 Å². The van der Waals surface area contributed by atoms with E-state index >= 15 is 0 Å². The van der Waals surface area contributed by atoms with Gasteiger partial charge in [-0.05, 0) is 38.1 Å². The van der Waals surface area contributed by atoms with Gasteiger partial charge in [0.1, 0.15) is 11.5 Å². The SMILES string of the molecule is Cc1noc(C)c1C[S@](=O)CC(=O)Nc1ccc(Cl)cc1. The van der Waals surface area contributed by atoms with E-state index in [1.807, 2.05) is 0 Å². The lowest BCUT2D eigenvalue weighted by molar-refractivity contribution is -0.113. The van der Waals surface area contributed by atoms with E-state index in [1.54, 1.807) is 38.1 Å². The maximum atomic E-state index is 12.0. The van der Waals surface area contributed by atoms with Gasteiger partial charge in [-0.25, -0.2) is 0 Å². The largest absolute Gasteiger partial charge is 0.361 e. The molecule has 2 aromatic rings. The minimum Gasteiger partial charge on any atom is -0.361 e. The van der Waals surface area contributed by atoms with Crippen LogP contribution < -0.4 is 5.32 Å². The van der Waals surface area contributed by atoms with Crippen molar-refractivity contribution in [3.63, 3.8) is 0 Å². The van der Waals surface area contributed by atoms with Crippen LogP contribution in [0.4, 0.5) is 5.69 Å². The molecule has 0 aliphatic heterocycles. The fraction of sp³-hybridized carbons (Fsp3) is 0.286. The summed E-state index contributed by atoms with van der Waals surface area (Å²) in [5.74, 6) is 0.517. The maximum absolute atomic E-state index is 12.0. The summed E-state index contributed by atoms with van der Waals surface area (Å²) in [7, 11) is -1.32. The zero-order valence-corrected chi connectivity index (χ0v) is 13.3. The number of anilines is 1. The molecule has 0 spiro atoms. The first-order valence-electron chi connectivity index (χ1n) is 6.28. The Hall–Kier alpha value is -1.66. The molecule has 1 N–H and O–H groups in total. The van der Waals surface area contributed by atoms with Crippen molar-refractivity contribution in [3.05, 3.63) is 46.3 Å². The molecular formula is C14H15ClN2O3S. The monoisotopic (exact) mass is 326 g/mol. The molecular weight excluding hydrogens is 312 g/mol. The summed E-state index contributed by atoms with van der Waals surface area (Å²) in [5, 5.41) is 7.07. The van der Waals surface area contributed by atoms with Gasteiger partial charge in [-0.15, -0.1) is 0 Å². The van der Waals surface area contributed by atoms with E-state index in [0.29, 0.717) is 22.2 Å². The molecule has 0 aliphatic rings. The number of hydrogen-bond acceptors (Lipinski definition) is 4. The maximum Gasteiger partial charge on any atom is 0.237 e. The molecule has 1 atom stereocenters. The summed E-state index contributed by atoms with van der Waals surface area (Å²) in [4.78, 5) is 11.8. The van der Waals surface area contributed by atoms with E-state index in [1.165, 1.54) is 0 Å². The Balaban J connectivity index is 1.90. The predicted octanol–water partition coefficient (Wildman–Crippen LogP) is 2.83. The molecule has 112 valence electrons. The lowest BCUT2D eigenvalue weighted by Crippen LogP contribution is -2.20. The van der Waals surface area contributed by atoms with Crippen LogP contribution in [-0.4, -0.2) is 21.0 Å². The average Bonchev–Trinajstić information content (AvgIpc) is 2.73. The lowest BCUT2D eigenvalue weighted by atomic mass is 10.2. The number of carbonyl (C=O) groups is 1. The molecule has 0 saturated heterocycles. The zero-order chi connectivity index (χ0) is 15.4. The third-order valence-electron chi connectivity index (χ3n) is 2.91. The van der Waals surface area contributed by atoms with Gasteiger partial charge >= 0.3 is 0 Å². The molecule has 1 heterocycles. The number of carbonyl (C=O) groups excluding carboxylic acids is 1. The molecule has 0 saturated carbocycles. The molecule has 0 radical (unpaired) electrons. The van der Waals surface area contributed by atoms with Crippen molar-refractivity contribution in [2.45, 2.75) is 19.6 Å². The van der Waals surface area contributed by atoms with Crippen LogP contribution in [0.3, 0.4) is 0 Å². The molecule has 1 aromatic heterocycles. The van der Waals surface area contributed by atoms with E-state index in [4.69, 9.17) is 16.1 Å². The molecule has 0 aliphatic carbocycles. The number of nitrogens with zero attached hydrogens (tertiary/aromatic N) is 1. The molecule has 0 bridgehead atoms. The van der Waals surface area contributed by atoms with Crippen LogP contribution in [0.2, 0.25) is 5.02 Å². The third kappa shape index (κ3) is 4.41. The van der Waals surface area contributed by atoms with Crippen LogP contribution in [0.15, 0.2) is 28.8 Å². The van der Waals surface area contributed by atoms with E-state index in [0.717, 1.165) is 5.56 Å². The second kappa shape index (κ2) is 6.87. The predicted molar refractivity (Wildman–Crippen MR) is 82.8 cm³/mol. The first-order valence-corrected chi connectivity index (χ1v) is 8.14. The van der Waals surface area contributed by atoms with Crippen molar-refractivity contribution in [2.75, 3.05) is 11.1 Å². The number of aryl methyl sites for hydroxylation is 2. The van der Waals surface area contributed by atoms with Gasteiger partial charge in [0, 0.05) is 27.1 Å². The molecule has 7 heteroatoms. The molecule has 0 fully saturated rings. The quantitative estimate of drug-likeness (QED) is 0.917. The van der Waals surface area contributed by atoms with Crippen LogP contribution in [0, 0.1) is 13.8 Å². The number of hydrogen-bond donors (Lipinski definition) is 1. The van der Waals surface area contributed by atoms with Crippen LogP contribution in [-0.2, 0) is 21.3 Å². The summed E-state index contributed by atoms with van der Waals surface area (Å²) in [5.41, 5.74) is 2.13. The Morgan fingerprint density at radius 1 is 1.33 bits per heavy atom. The number of halogens is 1. The van der Waals surface area contributed by atoms with Crippen molar-refractivity contribution >= 4 is 34.0 Å². The Kier molecular flexibility index (Phi) is 5.14. The van der Waals surface area contributed by atoms with Crippen molar-refractivity contribution in [3.8, 4) is 0 Å². The topological polar surface area (TPSA) is 72.2 Å². The number of nitrogens with one attached hydrogen (secondary N) is 1.